The van der Waals surface area contributed by atoms with Gasteiger partial charge in [0.05, 0.1) is 12.8 Å². The van der Waals surface area contributed by atoms with Crippen LogP contribution >= 0.6 is 0 Å². The normalized spacial score (nSPS) is 17.0. The van der Waals surface area contributed by atoms with E-state index >= 15 is 0 Å². The van der Waals surface area contributed by atoms with Crippen molar-refractivity contribution < 1.29 is 4.74 Å². The molecule has 4 rings (SSSR count). The highest BCUT2D eigenvalue weighted by molar-refractivity contribution is 5.59. The van der Waals surface area contributed by atoms with Crippen LogP contribution < -0.4 is 15.0 Å². The molecule has 0 amide bonds. The van der Waals surface area contributed by atoms with Crippen molar-refractivity contribution in [2.75, 3.05) is 25.1 Å². The van der Waals surface area contributed by atoms with Gasteiger partial charge >= 0.3 is 0 Å². The average Bonchev–Trinajstić information content (AvgIpc) is 3.38. The molecule has 0 saturated carbocycles. The summed E-state index contributed by atoms with van der Waals surface area (Å²) in [5, 5.41) is 16.8. The van der Waals surface area contributed by atoms with Crippen molar-refractivity contribution in [1.29, 1.82) is 0 Å². The molecule has 4 heterocycles. The van der Waals surface area contributed by atoms with Crippen LogP contribution in [0.5, 0.6) is 5.88 Å². The molecule has 1 unspecified atom stereocenters. The highest BCUT2D eigenvalue weighted by Crippen LogP contribution is 2.26. The van der Waals surface area contributed by atoms with E-state index in [2.05, 4.69) is 51.3 Å². The lowest BCUT2D eigenvalue weighted by Crippen LogP contribution is -2.45. The van der Waals surface area contributed by atoms with Gasteiger partial charge in [0.25, 0.3) is 0 Å². The van der Waals surface area contributed by atoms with Crippen LogP contribution in [-0.2, 0) is 0 Å². The second-order valence-electron chi connectivity index (χ2n) is 8.28. The van der Waals surface area contributed by atoms with Crippen LogP contribution in [0.1, 0.15) is 27.2 Å². The minimum absolute atomic E-state index is 0.114. The summed E-state index contributed by atoms with van der Waals surface area (Å²) >= 11 is 0. The Morgan fingerprint density at radius 3 is 2.59 bits per heavy atom. The monoisotopic (exact) mass is 393 g/mol. The van der Waals surface area contributed by atoms with Crippen LogP contribution in [-0.4, -0.2) is 56.7 Å². The van der Waals surface area contributed by atoms with Gasteiger partial charge in [0.15, 0.2) is 5.82 Å². The highest BCUT2D eigenvalue weighted by Gasteiger charge is 2.26. The summed E-state index contributed by atoms with van der Waals surface area (Å²) in [7, 11) is 1.60. The molecule has 0 bridgehead atoms. The highest BCUT2D eigenvalue weighted by atomic mass is 16.5. The third-order valence-corrected chi connectivity index (χ3v) is 4.85. The summed E-state index contributed by atoms with van der Waals surface area (Å²) in [5.74, 6) is 1.39. The maximum atomic E-state index is 5.45. The first-order chi connectivity index (χ1) is 13.9. The van der Waals surface area contributed by atoms with E-state index in [1.165, 1.54) is 0 Å². The van der Waals surface area contributed by atoms with Gasteiger partial charge in [-0.2, -0.15) is 5.10 Å². The zero-order valence-electron chi connectivity index (χ0n) is 17.3. The minimum Gasteiger partial charge on any atom is -0.479 e. The molecule has 1 fully saturated rings. The zero-order valence-corrected chi connectivity index (χ0v) is 17.3. The Bertz CT molecular complexity index is 948. The van der Waals surface area contributed by atoms with E-state index in [-0.39, 0.29) is 5.54 Å². The molecule has 3 aromatic heterocycles. The Balaban J connectivity index is 1.50. The second-order valence-corrected chi connectivity index (χ2v) is 8.28. The van der Waals surface area contributed by atoms with Gasteiger partial charge in [0.2, 0.25) is 5.88 Å². The minimum atomic E-state index is 0.114. The Hall–Kier alpha value is -3.00. The Morgan fingerprint density at radius 2 is 1.93 bits per heavy atom. The SMILES string of the molecule is COc1nc(-c2ccc(N3CCC(NC(C)(C)C)C3)nn2)ccc1-n1cccn1. The van der Waals surface area contributed by atoms with Crippen molar-refractivity contribution in [1.82, 2.24) is 30.3 Å². The Morgan fingerprint density at radius 1 is 1.10 bits per heavy atom. The molecule has 8 nitrogen and oxygen atoms in total. The molecule has 3 aromatic rings. The molecule has 1 saturated heterocycles. The molecule has 0 radical (unpaired) electrons. The van der Waals surface area contributed by atoms with Gasteiger partial charge in [-0.15, -0.1) is 10.2 Å². The van der Waals surface area contributed by atoms with Crippen LogP contribution in [0.15, 0.2) is 42.7 Å². The van der Waals surface area contributed by atoms with E-state index in [4.69, 9.17) is 4.74 Å². The standard InChI is InChI=1S/C21H27N7O/c1-21(2,3)24-15-10-13-27(14-15)19-9-7-17(25-26-19)16-6-8-18(20(23-16)29-4)28-12-5-11-22-28/h5-9,11-12,15,24H,10,13-14H2,1-4H3. The maximum Gasteiger partial charge on any atom is 0.240 e. The first-order valence-corrected chi connectivity index (χ1v) is 9.85. The summed E-state index contributed by atoms with van der Waals surface area (Å²) in [6.45, 7) is 8.51. The molecule has 0 aliphatic carbocycles. The number of rotatable bonds is 5. The largest absolute Gasteiger partial charge is 0.479 e. The molecule has 152 valence electrons. The number of ether oxygens (including phenoxy) is 1. The zero-order chi connectivity index (χ0) is 20.4. The first kappa shape index (κ1) is 19.3. The third kappa shape index (κ3) is 4.37. The molecular formula is C21H27N7O. The fourth-order valence-corrected chi connectivity index (χ4v) is 3.64. The van der Waals surface area contributed by atoms with Gasteiger partial charge in [-0.25, -0.2) is 9.67 Å². The predicted octanol–water partition coefficient (Wildman–Crippen LogP) is 2.70. The maximum absolute atomic E-state index is 5.45. The summed E-state index contributed by atoms with van der Waals surface area (Å²) < 4.78 is 7.17. The molecule has 1 aliphatic heterocycles. The summed E-state index contributed by atoms with van der Waals surface area (Å²) in [4.78, 5) is 6.86. The van der Waals surface area contributed by atoms with Crippen molar-refractivity contribution in [2.45, 2.75) is 38.8 Å². The van der Waals surface area contributed by atoms with Crippen molar-refractivity contribution in [3.8, 4) is 23.0 Å². The molecule has 1 aliphatic rings. The molecule has 1 N–H and O–H groups in total. The van der Waals surface area contributed by atoms with Crippen molar-refractivity contribution in [3.05, 3.63) is 42.7 Å². The number of nitrogens with zero attached hydrogens (tertiary/aromatic N) is 6. The van der Waals surface area contributed by atoms with E-state index in [1.54, 1.807) is 18.0 Å². The fourth-order valence-electron chi connectivity index (χ4n) is 3.64. The van der Waals surface area contributed by atoms with Crippen molar-refractivity contribution >= 4 is 5.82 Å². The van der Waals surface area contributed by atoms with Crippen LogP contribution in [0.25, 0.3) is 17.1 Å². The molecule has 0 aromatic carbocycles. The number of aromatic nitrogens is 5. The van der Waals surface area contributed by atoms with Crippen LogP contribution in [0.3, 0.4) is 0 Å². The lowest BCUT2D eigenvalue weighted by molar-refractivity contribution is 0.373. The van der Waals surface area contributed by atoms with Crippen molar-refractivity contribution in [2.24, 2.45) is 0 Å². The first-order valence-electron chi connectivity index (χ1n) is 9.85. The van der Waals surface area contributed by atoms with E-state index < -0.39 is 0 Å². The quantitative estimate of drug-likeness (QED) is 0.714. The number of methoxy groups -OCH3 is 1. The van der Waals surface area contributed by atoms with E-state index in [0.717, 1.165) is 31.0 Å². The van der Waals surface area contributed by atoms with Gasteiger partial charge in [-0.05, 0) is 57.5 Å². The van der Waals surface area contributed by atoms with Gasteiger partial charge in [-0.1, -0.05) is 0 Å². The molecule has 8 heteroatoms. The predicted molar refractivity (Wildman–Crippen MR) is 112 cm³/mol. The molecule has 0 spiro atoms. The van der Waals surface area contributed by atoms with Crippen LogP contribution in [0.4, 0.5) is 5.82 Å². The lowest BCUT2D eigenvalue weighted by atomic mass is 10.1. The molecular weight excluding hydrogens is 366 g/mol. The molecule has 1 atom stereocenters. The smallest absolute Gasteiger partial charge is 0.240 e. The number of anilines is 1. The topological polar surface area (TPSA) is 81.0 Å². The van der Waals surface area contributed by atoms with E-state index in [1.807, 2.05) is 36.5 Å². The van der Waals surface area contributed by atoms with Crippen molar-refractivity contribution in [3.63, 3.8) is 0 Å². The Kier molecular flexibility index (Phi) is 5.19. The summed E-state index contributed by atoms with van der Waals surface area (Å²) in [5.41, 5.74) is 2.32. The van der Waals surface area contributed by atoms with Gasteiger partial charge in [0, 0.05) is 37.1 Å². The molecule has 29 heavy (non-hydrogen) atoms. The number of hydrogen-bond donors (Lipinski definition) is 1. The fraction of sp³-hybridized carbons (Fsp3) is 0.429. The summed E-state index contributed by atoms with van der Waals surface area (Å²) in [6.07, 6.45) is 4.68. The third-order valence-electron chi connectivity index (χ3n) is 4.85. The van der Waals surface area contributed by atoms with Gasteiger partial charge in [0.1, 0.15) is 11.4 Å². The lowest BCUT2D eigenvalue weighted by Gasteiger charge is -2.26. The summed E-state index contributed by atoms with van der Waals surface area (Å²) in [6, 6.07) is 10.1. The van der Waals surface area contributed by atoms with E-state index in [0.29, 0.717) is 23.3 Å². The Labute approximate surface area is 170 Å². The number of pyridine rings is 1. The number of hydrogen-bond acceptors (Lipinski definition) is 7. The van der Waals surface area contributed by atoms with Crippen LogP contribution in [0, 0.1) is 0 Å². The van der Waals surface area contributed by atoms with Gasteiger partial charge in [-0.3, -0.25) is 0 Å². The number of nitrogens with one attached hydrogen (secondary N) is 1. The van der Waals surface area contributed by atoms with E-state index in [9.17, 15) is 0 Å². The average molecular weight is 393 g/mol. The van der Waals surface area contributed by atoms with Crippen LogP contribution in [0.2, 0.25) is 0 Å². The second kappa shape index (κ2) is 7.79. The van der Waals surface area contributed by atoms with Gasteiger partial charge < -0.3 is 15.0 Å².